The molecule has 0 heterocycles. The van der Waals surface area contributed by atoms with Crippen molar-refractivity contribution in [2.75, 3.05) is 5.75 Å². The van der Waals surface area contributed by atoms with Crippen LogP contribution in [-0.2, 0) is 9.59 Å². The van der Waals surface area contributed by atoms with Gasteiger partial charge in [0.15, 0.2) is 0 Å². The second-order valence-corrected chi connectivity index (χ2v) is 7.89. The molecule has 2 rings (SSSR count). The zero-order valence-electron chi connectivity index (χ0n) is 16.9. The lowest BCUT2D eigenvalue weighted by atomic mass is 9.98. The van der Waals surface area contributed by atoms with Crippen LogP contribution in [0, 0.1) is 12.8 Å². The summed E-state index contributed by atoms with van der Waals surface area (Å²) >= 11 is 1.38. The molecule has 2 aromatic carbocycles. The van der Waals surface area contributed by atoms with Gasteiger partial charge < -0.3 is 5.32 Å². The van der Waals surface area contributed by atoms with Gasteiger partial charge in [0, 0.05) is 10.5 Å². The maximum Gasteiger partial charge on any atom is 0.261 e. The van der Waals surface area contributed by atoms with E-state index in [1.165, 1.54) is 11.8 Å². The zero-order valence-corrected chi connectivity index (χ0v) is 17.7. The number of aryl methyl sites for hydroxylation is 1. The van der Waals surface area contributed by atoms with Crippen molar-refractivity contribution in [3.63, 3.8) is 0 Å². The first-order valence-electron chi connectivity index (χ1n) is 9.54. The predicted molar refractivity (Wildman–Crippen MR) is 115 cm³/mol. The molecule has 154 valence electrons. The minimum Gasteiger partial charge on any atom is -0.340 e. The van der Waals surface area contributed by atoms with Crippen molar-refractivity contribution in [3.8, 4) is 0 Å². The molecule has 0 radical (unpaired) electrons. The molecular weight excluding hydrogens is 386 g/mol. The van der Waals surface area contributed by atoms with E-state index in [4.69, 9.17) is 0 Å². The van der Waals surface area contributed by atoms with Gasteiger partial charge in [-0.15, -0.1) is 11.8 Å². The average Bonchev–Trinajstić information content (AvgIpc) is 2.75. The van der Waals surface area contributed by atoms with Gasteiger partial charge in [-0.2, -0.15) is 0 Å². The van der Waals surface area contributed by atoms with Crippen LogP contribution in [0.15, 0.2) is 59.5 Å². The Labute approximate surface area is 175 Å². The Balaban J connectivity index is 1.87. The van der Waals surface area contributed by atoms with Gasteiger partial charge in [0.25, 0.3) is 11.8 Å². The molecule has 3 N–H and O–H groups in total. The average molecular weight is 414 g/mol. The molecule has 0 aliphatic heterocycles. The Morgan fingerprint density at radius 2 is 1.62 bits per heavy atom. The summed E-state index contributed by atoms with van der Waals surface area (Å²) in [6.07, 6.45) is 0.699. The van der Waals surface area contributed by atoms with Gasteiger partial charge >= 0.3 is 0 Å². The first-order chi connectivity index (χ1) is 13.9. The van der Waals surface area contributed by atoms with Crippen LogP contribution in [-0.4, -0.2) is 29.5 Å². The van der Waals surface area contributed by atoms with Gasteiger partial charge in [-0.05, 0) is 37.1 Å². The van der Waals surface area contributed by atoms with Crippen molar-refractivity contribution >= 4 is 29.5 Å². The van der Waals surface area contributed by atoms with Gasteiger partial charge in [0.2, 0.25) is 5.91 Å². The highest BCUT2D eigenvalue weighted by Gasteiger charge is 2.26. The Morgan fingerprint density at radius 3 is 2.24 bits per heavy atom. The fourth-order valence-electron chi connectivity index (χ4n) is 2.54. The highest BCUT2D eigenvalue weighted by atomic mass is 32.2. The first-order valence-corrected chi connectivity index (χ1v) is 10.5. The molecule has 3 amide bonds. The van der Waals surface area contributed by atoms with Gasteiger partial charge in [-0.1, -0.05) is 56.2 Å². The summed E-state index contributed by atoms with van der Waals surface area (Å²) in [5.74, 6) is -1.01. The van der Waals surface area contributed by atoms with Crippen molar-refractivity contribution in [1.29, 1.82) is 0 Å². The second kappa shape index (κ2) is 11.3. The number of carbonyl (C=O) groups excluding carboxylic acids is 3. The van der Waals surface area contributed by atoms with Crippen molar-refractivity contribution in [2.24, 2.45) is 5.92 Å². The van der Waals surface area contributed by atoms with Crippen LogP contribution in [0.25, 0.3) is 0 Å². The number of hydrogen-bond acceptors (Lipinski definition) is 4. The number of hydrogen-bond donors (Lipinski definition) is 3. The summed E-state index contributed by atoms with van der Waals surface area (Å²) in [5, 5.41) is 2.76. The second-order valence-electron chi connectivity index (χ2n) is 6.84. The third kappa shape index (κ3) is 7.27. The summed E-state index contributed by atoms with van der Waals surface area (Å²) < 4.78 is 0. The van der Waals surface area contributed by atoms with E-state index in [1.807, 2.05) is 51.1 Å². The van der Waals surface area contributed by atoms with Crippen LogP contribution in [0.4, 0.5) is 0 Å². The molecule has 29 heavy (non-hydrogen) atoms. The number of thioether (sulfide) groups is 1. The highest BCUT2D eigenvalue weighted by molar-refractivity contribution is 8.00. The maximum atomic E-state index is 12.6. The molecule has 2 aromatic rings. The van der Waals surface area contributed by atoms with Gasteiger partial charge in [0.05, 0.1) is 5.75 Å². The van der Waals surface area contributed by atoms with Crippen molar-refractivity contribution < 1.29 is 14.4 Å². The molecule has 0 bridgehead atoms. The summed E-state index contributed by atoms with van der Waals surface area (Å²) in [4.78, 5) is 38.0. The molecule has 0 fully saturated rings. The van der Waals surface area contributed by atoms with E-state index >= 15 is 0 Å². The summed E-state index contributed by atoms with van der Waals surface area (Å²) in [6, 6.07) is 15.8. The molecule has 0 saturated heterocycles. The Hall–Kier alpha value is -2.80. The van der Waals surface area contributed by atoms with E-state index in [0.29, 0.717) is 12.0 Å². The van der Waals surface area contributed by atoms with Crippen LogP contribution in [0.3, 0.4) is 0 Å². The van der Waals surface area contributed by atoms with E-state index in [1.54, 1.807) is 24.3 Å². The van der Waals surface area contributed by atoms with E-state index in [9.17, 15) is 14.4 Å². The minimum atomic E-state index is -0.752. The largest absolute Gasteiger partial charge is 0.340 e. The normalized spacial score (nSPS) is 12.5. The van der Waals surface area contributed by atoms with Crippen LogP contribution in [0.5, 0.6) is 0 Å². The molecule has 0 aliphatic carbocycles. The Bertz CT molecular complexity index is 825. The minimum absolute atomic E-state index is 0.0958. The topological polar surface area (TPSA) is 87.3 Å². The van der Waals surface area contributed by atoms with E-state index in [2.05, 4.69) is 16.2 Å². The molecule has 2 atom stereocenters. The fourth-order valence-corrected chi connectivity index (χ4v) is 3.24. The summed E-state index contributed by atoms with van der Waals surface area (Å²) in [5.41, 5.74) is 6.49. The number of nitrogens with one attached hydrogen (secondary N) is 3. The van der Waals surface area contributed by atoms with Crippen molar-refractivity contribution in [1.82, 2.24) is 16.2 Å². The number of amides is 3. The van der Waals surface area contributed by atoms with E-state index in [0.717, 1.165) is 10.5 Å². The standard InChI is InChI=1S/C22H27N3O3S/c1-4-16(3)20(23-21(27)17-8-6-5-7-9-17)22(28)25-24-19(26)14-29-18-12-10-15(2)11-13-18/h5-13,16,20H,4,14H2,1-3H3,(H,23,27)(H,24,26)(H,25,28)/t16-,20-/m0/s1. The third-order valence-electron chi connectivity index (χ3n) is 4.53. The van der Waals surface area contributed by atoms with Gasteiger partial charge in [0.1, 0.15) is 6.04 Å². The molecule has 7 heteroatoms. The molecule has 0 unspecified atom stereocenters. The molecule has 0 aromatic heterocycles. The van der Waals surface area contributed by atoms with Crippen LogP contribution in [0.1, 0.15) is 36.2 Å². The molecule has 0 spiro atoms. The monoisotopic (exact) mass is 413 g/mol. The third-order valence-corrected chi connectivity index (χ3v) is 5.55. The Morgan fingerprint density at radius 1 is 0.966 bits per heavy atom. The van der Waals surface area contributed by atoms with Gasteiger partial charge in [-0.25, -0.2) is 0 Å². The molecule has 6 nitrogen and oxygen atoms in total. The lowest BCUT2D eigenvalue weighted by Gasteiger charge is -2.23. The lowest BCUT2D eigenvalue weighted by Crippen LogP contribution is -2.55. The number of rotatable bonds is 8. The maximum absolute atomic E-state index is 12.6. The SMILES string of the molecule is CC[C@H](C)[C@H](NC(=O)c1ccccc1)C(=O)NNC(=O)CSc1ccc(C)cc1. The number of benzene rings is 2. The van der Waals surface area contributed by atoms with Gasteiger partial charge in [-0.3, -0.25) is 25.2 Å². The lowest BCUT2D eigenvalue weighted by molar-refractivity contribution is -0.129. The molecule has 0 aliphatic rings. The molecular formula is C22H27N3O3S. The number of hydrazine groups is 1. The van der Waals surface area contributed by atoms with Crippen molar-refractivity contribution in [2.45, 2.75) is 38.1 Å². The quantitative estimate of drug-likeness (QED) is 0.458. The van der Waals surface area contributed by atoms with Crippen LogP contribution in [0.2, 0.25) is 0 Å². The van der Waals surface area contributed by atoms with Crippen LogP contribution >= 0.6 is 11.8 Å². The van der Waals surface area contributed by atoms with E-state index in [-0.39, 0.29) is 23.5 Å². The highest BCUT2D eigenvalue weighted by Crippen LogP contribution is 2.17. The Kier molecular flexibility index (Phi) is 8.73. The summed E-state index contributed by atoms with van der Waals surface area (Å²) in [6.45, 7) is 5.82. The fraction of sp³-hybridized carbons (Fsp3) is 0.318. The number of carbonyl (C=O) groups is 3. The van der Waals surface area contributed by atoms with E-state index < -0.39 is 11.9 Å². The molecule has 0 saturated carbocycles. The summed E-state index contributed by atoms with van der Waals surface area (Å²) in [7, 11) is 0. The zero-order chi connectivity index (χ0) is 21.2. The first kappa shape index (κ1) is 22.5. The predicted octanol–water partition coefficient (Wildman–Crippen LogP) is 3.08. The smallest absolute Gasteiger partial charge is 0.261 e. The van der Waals surface area contributed by atoms with Crippen molar-refractivity contribution in [3.05, 3.63) is 65.7 Å². The van der Waals surface area contributed by atoms with Crippen LogP contribution < -0.4 is 16.2 Å².